The molecule has 0 aliphatic heterocycles. The van der Waals surface area contributed by atoms with Gasteiger partial charge < -0.3 is 14.4 Å². The maximum atomic E-state index is 11.7. The smallest absolute Gasteiger partial charge is 0.340 e. The summed E-state index contributed by atoms with van der Waals surface area (Å²) in [5.41, 5.74) is 1.19. The standard InChI is InChI=1S/C13H17NO3/c1-14(2)9-11(13(15)17-4)10-7-5-6-8-12(10)16-3/h5-9H,1-4H3. The molecule has 0 saturated carbocycles. The highest BCUT2D eigenvalue weighted by atomic mass is 16.5. The van der Waals surface area contributed by atoms with Gasteiger partial charge in [0.15, 0.2) is 0 Å². The molecule has 0 fully saturated rings. The van der Waals surface area contributed by atoms with E-state index in [1.54, 1.807) is 18.2 Å². The summed E-state index contributed by atoms with van der Waals surface area (Å²) < 4.78 is 10.0. The molecule has 17 heavy (non-hydrogen) atoms. The molecule has 0 unspecified atom stereocenters. The average molecular weight is 235 g/mol. The minimum Gasteiger partial charge on any atom is -0.496 e. The fourth-order valence-electron chi connectivity index (χ4n) is 1.47. The van der Waals surface area contributed by atoms with Crippen LogP contribution >= 0.6 is 0 Å². The first-order valence-electron chi connectivity index (χ1n) is 5.20. The summed E-state index contributed by atoms with van der Waals surface area (Å²) in [6, 6.07) is 7.34. The zero-order valence-corrected chi connectivity index (χ0v) is 10.6. The molecular weight excluding hydrogens is 218 g/mol. The van der Waals surface area contributed by atoms with Crippen molar-refractivity contribution < 1.29 is 14.3 Å². The molecule has 0 aliphatic rings. The Morgan fingerprint density at radius 2 is 1.88 bits per heavy atom. The van der Waals surface area contributed by atoms with Crippen molar-refractivity contribution in [3.8, 4) is 5.75 Å². The van der Waals surface area contributed by atoms with Gasteiger partial charge in [-0.3, -0.25) is 0 Å². The highest BCUT2D eigenvalue weighted by Crippen LogP contribution is 2.26. The first kappa shape index (κ1) is 13.1. The van der Waals surface area contributed by atoms with E-state index in [0.717, 1.165) is 5.56 Å². The normalized spacial score (nSPS) is 10.9. The van der Waals surface area contributed by atoms with Crippen LogP contribution < -0.4 is 4.74 Å². The van der Waals surface area contributed by atoms with Crippen LogP contribution in [-0.4, -0.2) is 39.2 Å². The van der Waals surface area contributed by atoms with Crippen molar-refractivity contribution in [1.29, 1.82) is 0 Å². The van der Waals surface area contributed by atoms with Gasteiger partial charge in [-0.25, -0.2) is 4.79 Å². The van der Waals surface area contributed by atoms with Gasteiger partial charge >= 0.3 is 5.97 Å². The Morgan fingerprint density at radius 3 is 2.41 bits per heavy atom. The summed E-state index contributed by atoms with van der Waals surface area (Å²) >= 11 is 0. The van der Waals surface area contributed by atoms with Crippen LogP contribution in [0.1, 0.15) is 5.56 Å². The number of nitrogens with zero attached hydrogens (tertiary/aromatic N) is 1. The number of ether oxygens (including phenoxy) is 2. The molecule has 0 amide bonds. The second kappa shape index (κ2) is 5.94. The maximum Gasteiger partial charge on any atom is 0.340 e. The molecule has 4 nitrogen and oxygen atoms in total. The fourth-order valence-corrected chi connectivity index (χ4v) is 1.47. The fraction of sp³-hybridized carbons (Fsp3) is 0.308. The van der Waals surface area contributed by atoms with Crippen molar-refractivity contribution in [1.82, 2.24) is 4.90 Å². The number of carbonyl (C=O) groups excluding carboxylic acids is 1. The molecule has 0 aliphatic carbocycles. The second-order valence-electron chi connectivity index (χ2n) is 3.70. The van der Waals surface area contributed by atoms with Gasteiger partial charge in [0.1, 0.15) is 5.75 Å². The molecule has 0 radical (unpaired) electrons. The maximum absolute atomic E-state index is 11.7. The molecule has 1 aromatic carbocycles. The molecule has 1 aromatic rings. The van der Waals surface area contributed by atoms with Crippen LogP contribution in [0.3, 0.4) is 0 Å². The molecule has 0 spiro atoms. The Hall–Kier alpha value is -1.97. The van der Waals surface area contributed by atoms with E-state index in [1.807, 2.05) is 38.4 Å². The molecule has 0 bridgehead atoms. The van der Waals surface area contributed by atoms with Crippen molar-refractivity contribution in [2.45, 2.75) is 0 Å². The van der Waals surface area contributed by atoms with Crippen LogP contribution in [0.4, 0.5) is 0 Å². The van der Waals surface area contributed by atoms with E-state index in [9.17, 15) is 4.79 Å². The number of esters is 1. The van der Waals surface area contributed by atoms with E-state index >= 15 is 0 Å². The molecule has 0 heterocycles. The predicted octanol–water partition coefficient (Wildman–Crippen LogP) is 1.77. The molecule has 0 saturated heterocycles. The van der Waals surface area contributed by atoms with Crippen molar-refractivity contribution in [2.75, 3.05) is 28.3 Å². The van der Waals surface area contributed by atoms with Crippen LogP contribution in [-0.2, 0) is 9.53 Å². The molecule has 0 N–H and O–H groups in total. The third-order valence-corrected chi connectivity index (χ3v) is 2.19. The zero-order valence-electron chi connectivity index (χ0n) is 10.6. The Kier molecular flexibility index (Phi) is 4.57. The average Bonchev–Trinajstić information content (AvgIpc) is 2.34. The van der Waals surface area contributed by atoms with Crippen LogP contribution in [0.15, 0.2) is 30.5 Å². The zero-order chi connectivity index (χ0) is 12.8. The summed E-state index contributed by atoms with van der Waals surface area (Å²) in [6.07, 6.45) is 1.71. The van der Waals surface area contributed by atoms with E-state index in [2.05, 4.69) is 0 Å². The number of para-hydroxylation sites is 1. The van der Waals surface area contributed by atoms with Crippen LogP contribution in [0.5, 0.6) is 5.75 Å². The summed E-state index contributed by atoms with van der Waals surface area (Å²) in [5.74, 6) is 0.259. The largest absolute Gasteiger partial charge is 0.496 e. The molecule has 92 valence electrons. The van der Waals surface area contributed by atoms with Crippen molar-refractivity contribution in [3.05, 3.63) is 36.0 Å². The minimum absolute atomic E-state index is 0.386. The molecule has 0 aromatic heterocycles. The second-order valence-corrected chi connectivity index (χ2v) is 3.70. The number of methoxy groups -OCH3 is 2. The lowest BCUT2D eigenvalue weighted by Gasteiger charge is -2.13. The topological polar surface area (TPSA) is 38.8 Å². The number of hydrogen-bond donors (Lipinski definition) is 0. The molecule has 4 heteroatoms. The van der Waals surface area contributed by atoms with Crippen LogP contribution in [0.2, 0.25) is 0 Å². The summed E-state index contributed by atoms with van der Waals surface area (Å²) in [7, 11) is 6.63. The number of hydrogen-bond acceptors (Lipinski definition) is 4. The van der Waals surface area contributed by atoms with Gasteiger partial charge in [-0.1, -0.05) is 18.2 Å². The predicted molar refractivity (Wildman–Crippen MR) is 66.7 cm³/mol. The summed E-state index contributed by atoms with van der Waals surface area (Å²) in [4.78, 5) is 13.5. The Balaban J connectivity index is 3.27. The SMILES string of the molecule is COC(=O)C(=CN(C)C)c1ccccc1OC. The Morgan fingerprint density at radius 1 is 1.24 bits per heavy atom. The lowest BCUT2D eigenvalue weighted by Crippen LogP contribution is -2.10. The Labute approximate surface area is 101 Å². The van der Waals surface area contributed by atoms with Gasteiger partial charge in [0.05, 0.1) is 19.8 Å². The lowest BCUT2D eigenvalue weighted by atomic mass is 10.1. The quantitative estimate of drug-likeness (QED) is 0.589. The van der Waals surface area contributed by atoms with Gasteiger partial charge in [-0.05, 0) is 6.07 Å². The monoisotopic (exact) mass is 235 g/mol. The third-order valence-electron chi connectivity index (χ3n) is 2.19. The molecule has 1 rings (SSSR count). The number of rotatable bonds is 4. The van der Waals surface area contributed by atoms with E-state index in [1.165, 1.54) is 7.11 Å². The van der Waals surface area contributed by atoms with Crippen molar-refractivity contribution in [3.63, 3.8) is 0 Å². The van der Waals surface area contributed by atoms with Gasteiger partial charge in [0, 0.05) is 25.9 Å². The van der Waals surface area contributed by atoms with Crippen LogP contribution in [0, 0.1) is 0 Å². The molecular formula is C13H17NO3. The summed E-state index contributed by atoms with van der Waals surface area (Å²) in [5, 5.41) is 0. The third kappa shape index (κ3) is 3.24. The van der Waals surface area contributed by atoms with Crippen molar-refractivity contribution >= 4 is 11.5 Å². The van der Waals surface area contributed by atoms with E-state index < -0.39 is 0 Å². The Bertz CT molecular complexity index is 424. The first-order chi connectivity index (χ1) is 8.10. The van der Waals surface area contributed by atoms with E-state index in [4.69, 9.17) is 9.47 Å². The van der Waals surface area contributed by atoms with Gasteiger partial charge in [-0.15, -0.1) is 0 Å². The van der Waals surface area contributed by atoms with E-state index in [-0.39, 0.29) is 5.97 Å². The van der Waals surface area contributed by atoms with Gasteiger partial charge in [0.2, 0.25) is 0 Å². The van der Waals surface area contributed by atoms with E-state index in [0.29, 0.717) is 11.3 Å². The van der Waals surface area contributed by atoms with Crippen LogP contribution in [0.25, 0.3) is 5.57 Å². The number of carbonyl (C=O) groups is 1. The van der Waals surface area contributed by atoms with Crippen molar-refractivity contribution in [2.24, 2.45) is 0 Å². The van der Waals surface area contributed by atoms with Gasteiger partial charge in [-0.2, -0.15) is 0 Å². The number of benzene rings is 1. The lowest BCUT2D eigenvalue weighted by molar-refractivity contribution is -0.133. The highest BCUT2D eigenvalue weighted by Gasteiger charge is 2.16. The van der Waals surface area contributed by atoms with Gasteiger partial charge in [0.25, 0.3) is 0 Å². The highest BCUT2D eigenvalue weighted by molar-refractivity contribution is 6.17. The first-order valence-corrected chi connectivity index (χ1v) is 5.20. The molecule has 0 atom stereocenters. The summed E-state index contributed by atoms with van der Waals surface area (Å²) in [6.45, 7) is 0. The minimum atomic E-state index is -0.386.